The Hall–Kier alpha value is -2.49. The predicted octanol–water partition coefficient (Wildman–Crippen LogP) is 4.87. The molecule has 1 atom stereocenters. The largest absolute Gasteiger partial charge is 0.573 e. The van der Waals surface area contributed by atoms with Gasteiger partial charge in [0, 0.05) is 0 Å². The third kappa shape index (κ3) is 5.25. The van der Waals surface area contributed by atoms with Crippen molar-refractivity contribution in [1.82, 2.24) is 0 Å². The Kier molecular flexibility index (Phi) is 5.65. The molecule has 142 valence electrons. The van der Waals surface area contributed by atoms with Crippen LogP contribution in [0.15, 0.2) is 48.5 Å². The number of rotatable bonds is 6. The van der Waals surface area contributed by atoms with Crippen LogP contribution in [-0.4, -0.2) is 18.9 Å². The molecule has 2 aromatic carbocycles. The van der Waals surface area contributed by atoms with Gasteiger partial charge in [0.2, 0.25) is 0 Å². The summed E-state index contributed by atoms with van der Waals surface area (Å²) in [5, 5.41) is 0. The maximum atomic E-state index is 13.0. The second kappa shape index (κ2) is 7.40. The van der Waals surface area contributed by atoms with Crippen LogP contribution in [0.4, 0.5) is 30.7 Å². The molecule has 0 saturated heterocycles. The molecular weight excluding hydrogens is 371 g/mol. The van der Waals surface area contributed by atoms with Crippen molar-refractivity contribution in [3.63, 3.8) is 0 Å². The highest BCUT2D eigenvalue weighted by Gasteiger charge is 2.44. The lowest BCUT2D eigenvalue weighted by molar-refractivity contribution is -0.274. The number of halogens is 7. The van der Waals surface area contributed by atoms with E-state index >= 15 is 0 Å². The first-order valence-corrected chi connectivity index (χ1v) is 7.04. The van der Waals surface area contributed by atoms with E-state index in [2.05, 4.69) is 9.47 Å². The summed E-state index contributed by atoms with van der Waals surface area (Å²) in [6.45, 7) is 0. The molecule has 3 nitrogen and oxygen atoms in total. The molecule has 0 bridgehead atoms. The zero-order valence-corrected chi connectivity index (χ0v) is 12.8. The van der Waals surface area contributed by atoms with Crippen LogP contribution in [0.1, 0.15) is 17.2 Å². The Balaban J connectivity index is 2.17. The van der Waals surface area contributed by atoms with E-state index in [0.29, 0.717) is 5.56 Å². The smallest absolute Gasteiger partial charge is 0.428 e. The topological polar surface area (TPSA) is 44.5 Å². The molecule has 0 saturated carbocycles. The Morgan fingerprint density at radius 3 is 1.92 bits per heavy atom. The summed E-state index contributed by atoms with van der Waals surface area (Å²) in [4.78, 5) is 0. The van der Waals surface area contributed by atoms with Crippen molar-refractivity contribution in [3.8, 4) is 11.5 Å². The fourth-order valence-corrected chi connectivity index (χ4v) is 2.04. The van der Waals surface area contributed by atoms with Crippen molar-refractivity contribution in [2.75, 3.05) is 0 Å². The Bertz CT molecular complexity index is 732. The summed E-state index contributed by atoms with van der Waals surface area (Å²) < 4.78 is 94.4. The highest BCUT2D eigenvalue weighted by atomic mass is 19.4. The summed E-state index contributed by atoms with van der Waals surface area (Å²) in [5.41, 5.74) is 6.51. The molecule has 0 aliphatic heterocycles. The molecule has 0 heterocycles. The van der Waals surface area contributed by atoms with Crippen molar-refractivity contribution >= 4 is 0 Å². The lowest BCUT2D eigenvalue weighted by Gasteiger charge is -2.19. The number of ether oxygens (including phenoxy) is 2. The first-order chi connectivity index (χ1) is 12.0. The van der Waals surface area contributed by atoms with Crippen LogP contribution < -0.4 is 15.2 Å². The SMILES string of the molecule is N[C@H](c1ccc(OC(F)(F)F)cc1)c1cccc(OC(F)(F)C(F)F)c1. The second-order valence-electron chi connectivity index (χ2n) is 5.13. The third-order valence-electron chi connectivity index (χ3n) is 3.20. The van der Waals surface area contributed by atoms with Crippen molar-refractivity contribution in [1.29, 1.82) is 0 Å². The fourth-order valence-electron chi connectivity index (χ4n) is 2.04. The van der Waals surface area contributed by atoms with E-state index < -0.39 is 36.4 Å². The molecule has 10 heteroatoms. The lowest BCUT2D eigenvalue weighted by atomic mass is 9.99. The van der Waals surface area contributed by atoms with Crippen LogP contribution in [0.3, 0.4) is 0 Å². The van der Waals surface area contributed by atoms with E-state index in [1.165, 1.54) is 24.3 Å². The molecule has 0 aliphatic carbocycles. The van der Waals surface area contributed by atoms with Gasteiger partial charge in [-0.3, -0.25) is 0 Å². The lowest BCUT2D eigenvalue weighted by Crippen LogP contribution is -2.33. The van der Waals surface area contributed by atoms with Crippen molar-refractivity contribution in [3.05, 3.63) is 59.7 Å². The molecule has 0 spiro atoms. The van der Waals surface area contributed by atoms with Gasteiger partial charge in [-0.2, -0.15) is 17.6 Å². The minimum atomic E-state index is -4.84. The second-order valence-corrected chi connectivity index (χ2v) is 5.13. The molecule has 2 aromatic rings. The van der Waals surface area contributed by atoms with Gasteiger partial charge in [0.25, 0.3) is 0 Å². The average Bonchev–Trinajstić information content (AvgIpc) is 2.53. The molecule has 0 radical (unpaired) electrons. The van der Waals surface area contributed by atoms with Crippen LogP contribution in [0.5, 0.6) is 11.5 Å². The van der Waals surface area contributed by atoms with Crippen LogP contribution in [-0.2, 0) is 0 Å². The van der Waals surface area contributed by atoms with Crippen LogP contribution >= 0.6 is 0 Å². The van der Waals surface area contributed by atoms with E-state index in [-0.39, 0.29) is 5.56 Å². The van der Waals surface area contributed by atoms with Crippen molar-refractivity contribution in [2.45, 2.75) is 24.9 Å². The van der Waals surface area contributed by atoms with Crippen LogP contribution in [0.2, 0.25) is 0 Å². The predicted molar refractivity (Wildman–Crippen MR) is 77.2 cm³/mol. The third-order valence-corrected chi connectivity index (χ3v) is 3.20. The van der Waals surface area contributed by atoms with Crippen molar-refractivity contribution in [2.24, 2.45) is 5.73 Å². The number of nitrogens with two attached hydrogens (primary N) is 1. The van der Waals surface area contributed by atoms with E-state index in [1.807, 2.05) is 0 Å². The fraction of sp³-hybridized carbons (Fsp3) is 0.250. The first kappa shape index (κ1) is 19.8. The zero-order chi connectivity index (χ0) is 19.5. The zero-order valence-electron chi connectivity index (χ0n) is 12.8. The molecule has 0 aromatic heterocycles. The molecule has 0 amide bonds. The highest BCUT2D eigenvalue weighted by molar-refractivity contribution is 5.38. The van der Waals surface area contributed by atoms with Gasteiger partial charge in [0.05, 0.1) is 6.04 Å². The molecule has 26 heavy (non-hydrogen) atoms. The molecule has 2 rings (SSSR count). The van der Waals surface area contributed by atoms with E-state index in [0.717, 1.165) is 24.3 Å². The monoisotopic (exact) mass is 383 g/mol. The van der Waals surface area contributed by atoms with Gasteiger partial charge in [-0.05, 0) is 35.4 Å². The first-order valence-electron chi connectivity index (χ1n) is 7.04. The van der Waals surface area contributed by atoms with Gasteiger partial charge in [0.15, 0.2) is 0 Å². The summed E-state index contributed by atoms with van der Waals surface area (Å²) in [6.07, 6.45) is -13.5. The molecule has 0 aliphatic rings. The summed E-state index contributed by atoms with van der Waals surface area (Å²) in [7, 11) is 0. The van der Waals surface area contributed by atoms with Gasteiger partial charge >= 0.3 is 18.9 Å². The van der Waals surface area contributed by atoms with E-state index in [4.69, 9.17) is 5.73 Å². The maximum absolute atomic E-state index is 13.0. The van der Waals surface area contributed by atoms with Gasteiger partial charge in [-0.15, -0.1) is 13.2 Å². The van der Waals surface area contributed by atoms with Gasteiger partial charge < -0.3 is 15.2 Å². The van der Waals surface area contributed by atoms with Gasteiger partial charge in [-0.1, -0.05) is 24.3 Å². The van der Waals surface area contributed by atoms with Crippen LogP contribution in [0.25, 0.3) is 0 Å². The highest BCUT2D eigenvalue weighted by Crippen LogP contribution is 2.31. The molecule has 2 N–H and O–H groups in total. The maximum Gasteiger partial charge on any atom is 0.573 e. The molecular formula is C16H12F7NO2. The van der Waals surface area contributed by atoms with Crippen LogP contribution in [0, 0.1) is 0 Å². The van der Waals surface area contributed by atoms with E-state index in [9.17, 15) is 30.7 Å². The Labute approximate surface area is 143 Å². The number of hydrogen-bond acceptors (Lipinski definition) is 3. The molecule has 0 unspecified atom stereocenters. The Morgan fingerprint density at radius 1 is 0.769 bits per heavy atom. The number of alkyl halides is 7. The normalized spacial score (nSPS) is 13.6. The van der Waals surface area contributed by atoms with Crippen molar-refractivity contribution < 1.29 is 40.2 Å². The average molecular weight is 383 g/mol. The molecule has 0 fully saturated rings. The summed E-state index contributed by atoms with van der Waals surface area (Å²) >= 11 is 0. The van der Waals surface area contributed by atoms with Gasteiger partial charge in [-0.25, -0.2) is 0 Å². The van der Waals surface area contributed by atoms with E-state index in [1.54, 1.807) is 0 Å². The summed E-state index contributed by atoms with van der Waals surface area (Å²) in [5.74, 6) is -0.984. The minimum Gasteiger partial charge on any atom is -0.428 e. The number of hydrogen-bond donors (Lipinski definition) is 1. The summed E-state index contributed by atoms with van der Waals surface area (Å²) in [6, 6.07) is 8.46. The quantitative estimate of drug-likeness (QED) is 0.724. The van der Waals surface area contributed by atoms with Gasteiger partial charge in [0.1, 0.15) is 11.5 Å². The minimum absolute atomic E-state index is 0.233. The standard InChI is InChI=1S/C16H12F7NO2/c17-14(18)15(19,20)25-12-3-1-2-10(8-12)13(24)9-4-6-11(7-5-9)26-16(21,22)23/h1-8,13-14H,24H2/t13-/m1/s1. The number of benzene rings is 2. The Morgan fingerprint density at radius 2 is 1.38 bits per heavy atom.